The van der Waals surface area contributed by atoms with Gasteiger partial charge in [-0.2, -0.15) is 0 Å². The number of hydrogen-bond donors (Lipinski definition) is 1. The van der Waals surface area contributed by atoms with Crippen LogP contribution in [0.25, 0.3) is 0 Å². The number of hydrogen-bond acceptors (Lipinski definition) is 2. The predicted octanol–water partition coefficient (Wildman–Crippen LogP) is 3.82. The van der Waals surface area contributed by atoms with Gasteiger partial charge in [-0.3, -0.25) is 0 Å². The third kappa shape index (κ3) is 4.15. The number of halogens is 1. The zero-order valence-corrected chi connectivity index (χ0v) is 11.9. The van der Waals surface area contributed by atoms with E-state index in [0.29, 0.717) is 6.61 Å². The minimum atomic E-state index is -0.199. The first kappa shape index (κ1) is 14.7. The summed E-state index contributed by atoms with van der Waals surface area (Å²) in [5.41, 5.74) is 3.48. The molecule has 2 nitrogen and oxygen atoms in total. The summed E-state index contributed by atoms with van der Waals surface area (Å²) in [6, 6.07) is 15.1. The van der Waals surface area contributed by atoms with Crippen LogP contribution in [0.1, 0.15) is 29.7 Å². The van der Waals surface area contributed by atoms with E-state index in [1.165, 1.54) is 23.3 Å². The Morgan fingerprint density at radius 3 is 2.20 bits per heavy atom. The summed E-state index contributed by atoms with van der Waals surface area (Å²) >= 11 is 0. The van der Waals surface area contributed by atoms with Gasteiger partial charge in [0.25, 0.3) is 0 Å². The summed E-state index contributed by atoms with van der Waals surface area (Å²) in [4.78, 5) is 0. The first-order valence-corrected chi connectivity index (χ1v) is 6.74. The average Bonchev–Trinajstić information content (AvgIpc) is 2.47. The Morgan fingerprint density at radius 2 is 1.60 bits per heavy atom. The van der Waals surface area contributed by atoms with Gasteiger partial charge in [-0.25, -0.2) is 4.39 Å². The van der Waals surface area contributed by atoms with Crippen LogP contribution in [-0.2, 0) is 17.9 Å². The smallest absolute Gasteiger partial charge is 0.123 e. The van der Waals surface area contributed by atoms with Crippen LogP contribution < -0.4 is 5.32 Å². The molecule has 106 valence electrons. The highest BCUT2D eigenvalue weighted by Gasteiger charge is 2.05. The highest BCUT2D eigenvalue weighted by Crippen LogP contribution is 2.14. The topological polar surface area (TPSA) is 21.3 Å². The molecule has 1 N–H and O–H groups in total. The van der Waals surface area contributed by atoms with Crippen molar-refractivity contribution in [2.24, 2.45) is 0 Å². The van der Waals surface area contributed by atoms with Crippen molar-refractivity contribution in [3.8, 4) is 0 Å². The van der Waals surface area contributed by atoms with Crippen molar-refractivity contribution in [3.05, 3.63) is 71.0 Å². The zero-order valence-electron chi connectivity index (χ0n) is 11.9. The van der Waals surface area contributed by atoms with Crippen molar-refractivity contribution in [3.63, 3.8) is 0 Å². The molecule has 2 rings (SSSR count). The number of nitrogens with one attached hydrogen (secondary N) is 1. The van der Waals surface area contributed by atoms with Crippen LogP contribution in [0.5, 0.6) is 0 Å². The van der Waals surface area contributed by atoms with Crippen molar-refractivity contribution in [1.29, 1.82) is 0 Å². The predicted molar refractivity (Wildman–Crippen MR) is 78.8 cm³/mol. The molecule has 0 saturated heterocycles. The van der Waals surface area contributed by atoms with Gasteiger partial charge in [-0.1, -0.05) is 36.4 Å². The number of rotatable bonds is 6. The first-order valence-electron chi connectivity index (χ1n) is 6.74. The quantitative estimate of drug-likeness (QED) is 0.864. The van der Waals surface area contributed by atoms with Crippen LogP contribution in [0, 0.1) is 5.82 Å². The molecule has 0 aliphatic carbocycles. The molecule has 20 heavy (non-hydrogen) atoms. The van der Waals surface area contributed by atoms with Gasteiger partial charge in [0.2, 0.25) is 0 Å². The molecule has 0 radical (unpaired) electrons. The largest absolute Gasteiger partial charge is 0.380 e. The van der Waals surface area contributed by atoms with Gasteiger partial charge in [-0.15, -0.1) is 0 Å². The third-order valence-electron chi connectivity index (χ3n) is 3.32. The molecule has 1 atom stereocenters. The van der Waals surface area contributed by atoms with Crippen LogP contribution in [0.3, 0.4) is 0 Å². The molecule has 0 bridgehead atoms. The lowest BCUT2D eigenvalue weighted by molar-refractivity contribution is 0.185. The SMILES string of the molecule is COCc1ccc(CNC(C)c2ccc(F)cc2)cc1. The van der Waals surface area contributed by atoms with Gasteiger partial charge in [0.05, 0.1) is 6.61 Å². The monoisotopic (exact) mass is 273 g/mol. The molecule has 0 amide bonds. The van der Waals surface area contributed by atoms with Gasteiger partial charge in [0.1, 0.15) is 5.82 Å². The van der Waals surface area contributed by atoms with Crippen LogP contribution in [-0.4, -0.2) is 7.11 Å². The van der Waals surface area contributed by atoms with Crippen molar-refractivity contribution >= 4 is 0 Å². The zero-order chi connectivity index (χ0) is 14.4. The Kier molecular flexibility index (Phi) is 5.27. The van der Waals surface area contributed by atoms with Crippen LogP contribution in [0.4, 0.5) is 4.39 Å². The molecule has 0 saturated carbocycles. The summed E-state index contributed by atoms with van der Waals surface area (Å²) in [6.45, 7) is 3.50. The molecule has 2 aromatic rings. The Labute approximate surface area is 119 Å². The molecule has 0 aliphatic heterocycles. The third-order valence-corrected chi connectivity index (χ3v) is 3.32. The molecule has 0 spiro atoms. The fourth-order valence-corrected chi connectivity index (χ4v) is 2.06. The van der Waals surface area contributed by atoms with E-state index in [4.69, 9.17) is 4.74 Å². The second kappa shape index (κ2) is 7.17. The Bertz CT molecular complexity index is 522. The fourth-order valence-electron chi connectivity index (χ4n) is 2.06. The van der Waals surface area contributed by atoms with Crippen LogP contribution in [0.2, 0.25) is 0 Å². The molecular weight excluding hydrogens is 253 g/mol. The lowest BCUT2D eigenvalue weighted by Gasteiger charge is -2.14. The highest BCUT2D eigenvalue weighted by atomic mass is 19.1. The maximum absolute atomic E-state index is 12.9. The molecular formula is C17H20FNO. The van der Waals surface area contributed by atoms with Crippen molar-refractivity contribution < 1.29 is 9.13 Å². The Balaban J connectivity index is 1.89. The number of ether oxygens (including phenoxy) is 1. The van der Waals surface area contributed by atoms with E-state index in [9.17, 15) is 4.39 Å². The second-order valence-electron chi connectivity index (χ2n) is 4.90. The summed E-state index contributed by atoms with van der Waals surface area (Å²) in [7, 11) is 1.69. The summed E-state index contributed by atoms with van der Waals surface area (Å²) in [5.74, 6) is -0.199. The van der Waals surface area contributed by atoms with E-state index in [1.54, 1.807) is 7.11 Å². The molecule has 1 unspecified atom stereocenters. The normalized spacial score (nSPS) is 12.3. The fraction of sp³-hybridized carbons (Fsp3) is 0.294. The van der Waals surface area contributed by atoms with Crippen molar-refractivity contribution in [2.75, 3.05) is 7.11 Å². The van der Waals surface area contributed by atoms with Gasteiger partial charge in [0.15, 0.2) is 0 Å². The molecule has 0 heterocycles. The number of benzene rings is 2. The van der Waals surface area contributed by atoms with Gasteiger partial charge < -0.3 is 10.1 Å². The van der Waals surface area contributed by atoms with E-state index >= 15 is 0 Å². The van der Waals surface area contributed by atoms with E-state index in [2.05, 4.69) is 36.5 Å². The van der Waals surface area contributed by atoms with E-state index in [-0.39, 0.29) is 11.9 Å². The lowest BCUT2D eigenvalue weighted by atomic mass is 10.1. The van der Waals surface area contributed by atoms with Gasteiger partial charge in [-0.05, 0) is 35.7 Å². The van der Waals surface area contributed by atoms with Crippen LogP contribution in [0.15, 0.2) is 48.5 Å². The maximum atomic E-state index is 12.9. The van der Waals surface area contributed by atoms with E-state index < -0.39 is 0 Å². The molecule has 0 fully saturated rings. The molecule has 3 heteroatoms. The van der Waals surface area contributed by atoms with Crippen molar-refractivity contribution in [2.45, 2.75) is 26.1 Å². The molecule has 0 aliphatic rings. The average molecular weight is 273 g/mol. The van der Waals surface area contributed by atoms with Gasteiger partial charge >= 0.3 is 0 Å². The second-order valence-corrected chi connectivity index (χ2v) is 4.90. The summed E-state index contributed by atoms with van der Waals surface area (Å²) in [6.07, 6.45) is 0. The van der Waals surface area contributed by atoms with Gasteiger partial charge in [0, 0.05) is 19.7 Å². The highest BCUT2D eigenvalue weighted by molar-refractivity contribution is 5.23. The standard InChI is InChI=1S/C17H20FNO/c1-13(16-7-9-17(18)10-8-16)19-11-14-3-5-15(6-4-14)12-20-2/h3-10,13,19H,11-12H2,1-2H3. The minimum absolute atomic E-state index is 0.189. The Hall–Kier alpha value is -1.71. The van der Waals surface area contributed by atoms with E-state index in [1.807, 2.05) is 12.1 Å². The summed E-state index contributed by atoms with van der Waals surface area (Å²) < 4.78 is 18.0. The lowest BCUT2D eigenvalue weighted by Crippen LogP contribution is -2.18. The Morgan fingerprint density at radius 1 is 1.00 bits per heavy atom. The molecule has 0 aromatic heterocycles. The maximum Gasteiger partial charge on any atom is 0.123 e. The molecule has 2 aromatic carbocycles. The van der Waals surface area contributed by atoms with E-state index in [0.717, 1.165) is 12.1 Å². The number of methoxy groups -OCH3 is 1. The minimum Gasteiger partial charge on any atom is -0.380 e. The van der Waals surface area contributed by atoms with Crippen molar-refractivity contribution in [1.82, 2.24) is 5.32 Å². The first-order chi connectivity index (χ1) is 9.69. The summed E-state index contributed by atoms with van der Waals surface area (Å²) in [5, 5.41) is 3.43. The van der Waals surface area contributed by atoms with Crippen LogP contribution >= 0.6 is 0 Å².